The highest BCUT2D eigenvalue weighted by atomic mass is 32.2. The van der Waals surface area contributed by atoms with Crippen molar-refractivity contribution in [1.29, 1.82) is 0 Å². The smallest absolute Gasteiger partial charge is 0.0780 e. The summed E-state index contributed by atoms with van der Waals surface area (Å²) in [5, 5.41) is 1.19. The highest BCUT2D eigenvalue weighted by molar-refractivity contribution is 8.03. The molecule has 4 rings (SSSR count). The summed E-state index contributed by atoms with van der Waals surface area (Å²) in [5.41, 5.74) is 6.30. The van der Waals surface area contributed by atoms with Crippen LogP contribution >= 0.6 is 23.5 Å². The van der Waals surface area contributed by atoms with Gasteiger partial charge >= 0.3 is 0 Å². The van der Waals surface area contributed by atoms with Gasteiger partial charge in [-0.25, -0.2) is 0 Å². The van der Waals surface area contributed by atoms with Crippen LogP contribution in [-0.2, 0) is 0 Å². The van der Waals surface area contributed by atoms with E-state index in [1.807, 2.05) is 24.0 Å². The fraction of sp³-hybridized carbons (Fsp3) is 0.105. The van der Waals surface area contributed by atoms with E-state index in [-0.39, 0.29) is 0 Å². The summed E-state index contributed by atoms with van der Waals surface area (Å²) in [6.07, 6.45) is 13.1. The van der Waals surface area contributed by atoms with Crippen molar-refractivity contribution < 1.29 is 0 Å². The van der Waals surface area contributed by atoms with E-state index < -0.39 is 0 Å². The number of para-hydroxylation sites is 1. The van der Waals surface area contributed by atoms with Crippen molar-refractivity contribution in [2.75, 3.05) is 12.5 Å². The Kier molecular flexibility index (Phi) is 3.47. The zero-order valence-electron chi connectivity index (χ0n) is 12.5. The van der Waals surface area contributed by atoms with Gasteiger partial charge < -0.3 is 0 Å². The van der Waals surface area contributed by atoms with E-state index in [4.69, 9.17) is 0 Å². The van der Waals surface area contributed by atoms with Gasteiger partial charge in [-0.2, -0.15) is 0 Å². The fourth-order valence-electron chi connectivity index (χ4n) is 3.03. The average molecular weight is 321 g/mol. The van der Waals surface area contributed by atoms with Gasteiger partial charge in [0.15, 0.2) is 0 Å². The van der Waals surface area contributed by atoms with Crippen LogP contribution in [0, 0.1) is 0 Å². The quantitative estimate of drug-likeness (QED) is 0.747. The summed E-state index contributed by atoms with van der Waals surface area (Å²) >= 11 is 3.61. The summed E-state index contributed by atoms with van der Waals surface area (Å²) in [6.45, 7) is 0. The average Bonchev–Trinajstić information content (AvgIpc) is 3.13. The maximum atomic E-state index is 4.61. The molecule has 108 valence electrons. The predicted molar refractivity (Wildman–Crippen MR) is 99.9 cm³/mol. The molecule has 1 heterocycles. The van der Waals surface area contributed by atoms with Crippen LogP contribution in [0.5, 0.6) is 0 Å². The van der Waals surface area contributed by atoms with Gasteiger partial charge in [-0.05, 0) is 53.5 Å². The lowest BCUT2D eigenvalue weighted by Crippen LogP contribution is -1.88. The van der Waals surface area contributed by atoms with Crippen molar-refractivity contribution in [2.24, 2.45) is 0 Å². The number of rotatable bonds is 3. The molecular formula is C19H15NS2. The number of benzene rings is 1. The number of pyridine rings is 1. The Morgan fingerprint density at radius 2 is 1.73 bits per heavy atom. The highest BCUT2D eigenvalue weighted by Crippen LogP contribution is 2.47. The first-order chi connectivity index (χ1) is 10.8. The second-order valence-electron chi connectivity index (χ2n) is 5.23. The third kappa shape index (κ3) is 2.08. The van der Waals surface area contributed by atoms with Gasteiger partial charge in [-0.15, -0.1) is 23.5 Å². The normalized spacial score (nSPS) is 16.7. The number of allylic oxidation sites excluding steroid dienone is 6. The molecule has 0 bridgehead atoms. The minimum absolute atomic E-state index is 1.08. The van der Waals surface area contributed by atoms with Crippen LogP contribution in [0.15, 0.2) is 75.7 Å². The molecular weight excluding hydrogens is 306 g/mol. The second-order valence-corrected chi connectivity index (χ2v) is 6.96. The minimum atomic E-state index is 1.08. The lowest BCUT2D eigenvalue weighted by molar-refractivity contribution is 1.40. The molecule has 0 atom stereocenters. The third-order valence-corrected chi connectivity index (χ3v) is 5.56. The fourth-order valence-corrected chi connectivity index (χ4v) is 4.12. The summed E-state index contributed by atoms with van der Waals surface area (Å²) in [4.78, 5) is 7.29. The van der Waals surface area contributed by atoms with Gasteiger partial charge in [0.2, 0.25) is 0 Å². The zero-order chi connectivity index (χ0) is 15.1. The number of aromatic nitrogens is 1. The van der Waals surface area contributed by atoms with Crippen LogP contribution in [0.3, 0.4) is 0 Å². The van der Waals surface area contributed by atoms with E-state index in [2.05, 4.69) is 60.0 Å². The van der Waals surface area contributed by atoms with Gasteiger partial charge in [0.25, 0.3) is 0 Å². The standard InChI is InChI=1S/C19H15NS2/c1-21-13-9-15-16(11-18(22-2)17(15)10-13)14-7-3-5-12-6-4-8-20-19(12)14/h3-11H,1-2H3. The van der Waals surface area contributed by atoms with E-state index >= 15 is 0 Å². The summed E-state index contributed by atoms with van der Waals surface area (Å²) in [7, 11) is 0. The first-order valence-corrected chi connectivity index (χ1v) is 9.59. The zero-order valence-corrected chi connectivity index (χ0v) is 14.1. The molecule has 1 aromatic carbocycles. The molecule has 0 aliphatic heterocycles. The summed E-state index contributed by atoms with van der Waals surface area (Å²) in [5.74, 6) is 0. The van der Waals surface area contributed by atoms with Crippen LogP contribution in [0.2, 0.25) is 0 Å². The Labute approximate surface area is 138 Å². The second kappa shape index (κ2) is 5.49. The maximum Gasteiger partial charge on any atom is 0.0780 e. The van der Waals surface area contributed by atoms with Crippen molar-refractivity contribution >= 4 is 40.0 Å². The van der Waals surface area contributed by atoms with Crippen LogP contribution in [-0.4, -0.2) is 17.5 Å². The Morgan fingerprint density at radius 3 is 2.55 bits per heavy atom. The van der Waals surface area contributed by atoms with Gasteiger partial charge in [0.05, 0.1) is 5.52 Å². The molecule has 0 N–H and O–H groups in total. The molecule has 0 spiro atoms. The largest absolute Gasteiger partial charge is 0.256 e. The number of nitrogens with zero attached hydrogens (tertiary/aromatic N) is 1. The Morgan fingerprint density at radius 1 is 0.864 bits per heavy atom. The monoisotopic (exact) mass is 321 g/mol. The highest BCUT2D eigenvalue weighted by Gasteiger charge is 2.26. The van der Waals surface area contributed by atoms with Crippen LogP contribution in [0.25, 0.3) is 16.5 Å². The lowest BCUT2D eigenvalue weighted by atomic mass is 9.99. The molecule has 0 radical (unpaired) electrons. The van der Waals surface area contributed by atoms with E-state index in [0.29, 0.717) is 0 Å². The van der Waals surface area contributed by atoms with Crippen molar-refractivity contribution in [3.63, 3.8) is 0 Å². The number of hydrogen-bond donors (Lipinski definition) is 0. The van der Waals surface area contributed by atoms with Crippen molar-refractivity contribution in [3.05, 3.63) is 81.3 Å². The molecule has 3 heteroatoms. The van der Waals surface area contributed by atoms with E-state index in [1.54, 1.807) is 11.8 Å². The lowest BCUT2D eigenvalue weighted by Gasteiger charge is -2.07. The minimum Gasteiger partial charge on any atom is -0.256 e. The first kappa shape index (κ1) is 13.9. The van der Waals surface area contributed by atoms with Gasteiger partial charge in [-0.3, -0.25) is 4.98 Å². The van der Waals surface area contributed by atoms with Gasteiger partial charge in [0, 0.05) is 27.0 Å². The topological polar surface area (TPSA) is 12.9 Å². The molecule has 0 unspecified atom stereocenters. The molecule has 22 heavy (non-hydrogen) atoms. The molecule has 2 aliphatic carbocycles. The molecule has 0 saturated carbocycles. The van der Waals surface area contributed by atoms with E-state index in [9.17, 15) is 0 Å². The predicted octanol–water partition coefficient (Wildman–Crippen LogP) is 5.44. The molecule has 1 nitrogen and oxygen atoms in total. The maximum absolute atomic E-state index is 4.61. The van der Waals surface area contributed by atoms with Gasteiger partial charge in [-0.1, -0.05) is 24.3 Å². The molecule has 0 fully saturated rings. The summed E-state index contributed by atoms with van der Waals surface area (Å²) < 4.78 is 0. The van der Waals surface area contributed by atoms with Crippen molar-refractivity contribution in [1.82, 2.24) is 4.98 Å². The SMILES string of the molecule is CSC1=CC2=C(c3cccc4cccnc34)C=C(SC)C2=C1. The van der Waals surface area contributed by atoms with Crippen molar-refractivity contribution in [3.8, 4) is 0 Å². The van der Waals surface area contributed by atoms with E-state index in [1.165, 1.54) is 37.5 Å². The number of hydrogen-bond acceptors (Lipinski definition) is 3. The molecule has 0 saturated heterocycles. The first-order valence-electron chi connectivity index (χ1n) is 7.14. The van der Waals surface area contributed by atoms with Crippen molar-refractivity contribution in [2.45, 2.75) is 0 Å². The number of thioether (sulfide) groups is 2. The molecule has 1 aromatic heterocycles. The summed E-state index contributed by atoms with van der Waals surface area (Å²) in [6, 6.07) is 10.5. The Balaban J connectivity index is 1.98. The van der Waals surface area contributed by atoms with E-state index in [0.717, 1.165) is 5.52 Å². The van der Waals surface area contributed by atoms with Crippen LogP contribution < -0.4 is 0 Å². The Bertz CT molecular complexity index is 895. The van der Waals surface area contributed by atoms with Crippen LogP contribution in [0.1, 0.15) is 5.56 Å². The molecule has 0 amide bonds. The van der Waals surface area contributed by atoms with Crippen LogP contribution in [0.4, 0.5) is 0 Å². The number of fused-ring (bicyclic) bond motifs is 2. The van der Waals surface area contributed by atoms with Gasteiger partial charge in [0.1, 0.15) is 0 Å². The third-order valence-electron chi connectivity index (χ3n) is 4.07. The Hall–Kier alpha value is -1.71. The molecule has 2 aromatic rings. The molecule has 2 aliphatic rings.